The van der Waals surface area contributed by atoms with E-state index in [9.17, 15) is 9.90 Å². The summed E-state index contributed by atoms with van der Waals surface area (Å²) in [5.41, 5.74) is 1.88. The molecule has 0 radical (unpaired) electrons. The average molecular weight is 461 g/mol. The number of ether oxygens (including phenoxy) is 2. The molecular formula is C26H24FN3O4. The van der Waals surface area contributed by atoms with Gasteiger partial charge in [0.1, 0.15) is 35.0 Å². The van der Waals surface area contributed by atoms with E-state index in [4.69, 9.17) is 9.47 Å². The van der Waals surface area contributed by atoms with Crippen molar-refractivity contribution in [3.63, 3.8) is 0 Å². The second-order valence-electron chi connectivity index (χ2n) is 7.51. The van der Waals surface area contributed by atoms with Crippen LogP contribution < -0.4 is 14.8 Å². The molecule has 8 heteroatoms. The van der Waals surface area contributed by atoms with Crippen LogP contribution in [0.5, 0.6) is 11.5 Å². The molecular weight excluding hydrogens is 437 g/mol. The van der Waals surface area contributed by atoms with Gasteiger partial charge in [-0.3, -0.25) is 0 Å². The molecule has 7 nitrogen and oxygen atoms in total. The Morgan fingerprint density at radius 1 is 1.09 bits per heavy atom. The van der Waals surface area contributed by atoms with E-state index in [-0.39, 0.29) is 17.1 Å². The second-order valence-corrected chi connectivity index (χ2v) is 7.51. The zero-order valence-electron chi connectivity index (χ0n) is 18.8. The van der Waals surface area contributed by atoms with Crippen LogP contribution in [-0.4, -0.2) is 41.3 Å². The number of methoxy groups -OCH3 is 1. The molecule has 3 aromatic carbocycles. The first-order valence-corrected chi connectivity index (χ1v) is 10.8. The van der Waals surface area contributed by atoms with E-state index < -0.39 is 5.97 Å². The van der Waals surface area contributed by atoms with Crippen LogP contribution in [0.1, 0.15) is 22.8 Å². The summed E-state index contributed by atoms with van der Waals surface area (Å²) in [5.74, 6) is -0.00761. The van der Waals surface area contributed by atoms with Crippen molar-refractivity contribution in [2.75, 3.05) is 25.6 Å². The van der Waals surface area contributed by atoms with Crippen molar-refractivity contribution in [1.29, 1.82) is 0 Å². The van der Waals surface area contributed by atoms with Crippen LogP contribution in [0.25, 0.3) is 22.0 Å². The summed E-state index contributed by atoms with van der Waals surface area (Å²) in [7, 11) is 1.53. The quantitative estimate of drug-likeness (QED) is 0.354. The lowest BCUT2D eigenvalue weighted by atomic mass is 10.0. The smallest absolute Gasteiger partial charge is 0.339 e. The molecule has 174 valence electrons. The van der Waals surface area contributed by atoms with Crippen LogP contribution in [0.2, 0.25) is 0 Å². The highest BCUT2D eigenvalue weighted by atomic mass is 19.1. The standard InChI is InChI=1S/C26H24FN3O4/c1-3-34-23-13-17(8-9-20(23)26(31)32)21-14-24(30-15-29-21)28-11-10-19-22(33-2)12-16-6-4-5-7-18(16)25(19)27/h4-9,12-15H,3,10-11H2,1-2H3,(H,31,32)(H,28,29,30). The second kappa shape index (κ2) is 10.2. The van der Waals surface area contributed by atoms with E-state index in [1.807, 2.05) is 24.3 Å². The minimum absolute atomic E-state index is 0.0874. The molecule has 2 N–H and O–H groups in total. The third-order valence-electron chi connectivity index (χ3n) is 5.42. The highest BCUT2D eigenvalue weighted by molar-refractivity contribution is 5.92. The molecule has 0 saturated heterocycles. The Morgan fingerprint density at radius 2 is 1.91 bits per heavy atom. The van der Waals surface area contributed by atoms with Gasteiger partial charge in [0.05, 0.1) is 19.4 Å². The Balaban J connectivity index is 1.53. The number of hydrogen-bond acceptors (Lipinski definition) is 6. The van der Waals surface area contributed by atoms with Crippen molar-refractivity contribution in [3.05, 3.63) is 77.9 Å². The number of hydrogen-bond donors (Lipinski definition) is 2. The number of aromatic carboxylic acids is 1. The normalized spacial score (nSPS) is 10.8. The third-order valence-corrected chi connectivity index (χ3v) is 5.42. The van der Waals surface area contributed by atoms with Crippen LogP contribution >= 0.6 is 0 Å². The average Bonchev–Trinajstić information content (AvgIpc) is 2.85. The van der Waals surface area contributed by atoms with Crippen molar-refractivity contribution in [3.8, 4) is 22.8 Å². The van der Waals surface area contributed by atoms with E-state index in [2.05, 4.69) is 15.3 Å². The number of carbonyl (C=O) groups is 1. The number of nitrogens with zero attached hydrogens (tertiary/aromatic N) is 2. The molecule has 0 fully saturated rings. The molecule has 0 saturated carbocycles. The summed E-state index contributed by atoms with van der Waals surface area (Å²) < 4.78 is 26.0. The highest BCUT2D eigenvalue weighted by Crippen LogP contribution is 2.31. The minimum Gasteiger partial charge on any atom is -0.496 e. The number of benzene rings is 3. The van der Waals surface area contributed by atoms with E-state index >= 15 is 4.39 Å². The first kappa shape index (κ1) is 23.0. The zero-order valence-corrected chi connectivity index (χ0v) is 18.8. The van der Waals surface area contributed by atoms with Gasteiger partial charge in [-0.25, -0.2) is 19.2 Å². The van der Waals surface area contributed by atoms with Gasteiger partial charge in [0.2, 0.25) is 0 Å². The molecule has 0 atom stereocenters. The van der Waals surface area contributed by atoms with Crippen LogP contribution in [0, 0.1) is 5.82 Å². The molecule has 0 aliphatic rings. The largest absolute Gasteiger partial charge is 0.496 e. The Kier molecular flexibility index (Phi) is 6.87. The van der Waals surface area contributed by atoms with Gasteiger partial charge in [-0.05, 0) is 36.9 Å². The fourth-order valence-corrected chi connectivity index (χ4v) is 3.80. The lowest BCUT2D eigenvalue weighted by molar-refractivity contribution is 0.0692. The fourth-order valence-electron chi connectivity index (χ4n) is 3.80. The lowest BCUT2D eigenvalue weighted by Gasteiger charge is -2.13. The molecule has 0 amide bonds. The lowest BCUT2D eigenvalue weighted by Crippen LogP contribution is -2.09. The van der Waals surface area contributed by atoms with Gasteiger partial charge in [-0.1, -0.05) is 30.3 Å². The van der Waals surface area contributed by atoms with Crippen LogP contribution in [-0.2, 0) is 6.42 Å². The minimum atomic E-state index is -1.06. The molecule has 0 bridgehead atoms. The number of fused-ring (bicyclic) bond motifs is 1. The van der Waals surface area contributed by atoms with Gasteiger partial charge in [-0.2, -0.15) is 0 Å². The van der Waals surface area contributed by atoms with Crippen LogP contribution in [0.3, 0.4) is 0 Å². The van der Waals surface area contributed by atoms with Crippen molar-refractivity contribution in [2.24, 2.45) is 0 Å². The van der Waals surface area contributed by atoms with Gasteiger partial charge < -0.3 is 19.9 Å². The number of carboxylic acid groups (broad SMARTS) is 1. The third kappa shape index (κ3) is 4.76. The maximum atomic E-state index is 15.1. The van der Waals surface area contributed by atoms with E-state index in [0.29, 0.717) is 53.3 Å². The fraction of sp³-hybridized carbons (Fsp3) is 0.192. The van der Waals surface area contributed by atoms with Crippen molar-refractivity contribution in [1.82, 2.24) is 9.97 Å². The number of aromatic nitrogens is 2. The number of rotatable bonds is 9. The Hall–Kier alpha value is -4.20. The first-order chi connectivity index (χ1) is 16.5. The highest BCUT2D eigenvalue weighted by Gasteiger charge is 2.15. The van der Waals surface area contributed by atoms with Gasteiger partial charge in [0.25, 0.3) is 0 Å². The predicted octanol–water partition coefficient (Wildman–Crippen LogP) is 5.20. The van der Waals surface area contributed by atoms with E-state index in [1.165, 1.54) is 19.5 Å². The van der Waals surface area contributed by atoms with Gasteiger partial charge >= 0.3 is 5.97 Å². The molecule has 34 heavy (non-hydrogen) atoms. The summed E-state index contributed by atoms with van der Waals surface area (Å²) in [6.07, 6.45) is 1.81. The van der Waals surface area contributed by atoms with Crippen molar-refractivity contribution >= 4 is 22.6 Å². The van der Waals surface area contributed by atoms with Crippen molar-refractivity contribution < 1.29 is 23.8 Å². The summed E-state index contributed by atoms with van der Waals surface area (Å²) in [6.45, 7) is 2.55. The Bertz CT molecular complexity index is 1340. The molecule has 1 aromatic heterocycles. The molecule has 0 aliphatic carbocycles. The number of nitrogens with one attached hydrogen (secondary N) is 1. The molecule has 0 aliphatic heterocycles. The molecule has 4 aromatic rings. The molecule has 1 heterocycles. The summed E-state index contributed by atoms with van der Waals surface area (Å²) >= 11 is 0. The first-order valence-electron chi connectivity index (χ1n) is 10.8. The SMILES string of the molecule is CCOc1cc(-c2cc(NCCc3c(OC)cc4ccccc4c3F)ncn2)ccc1C(=O)O. The Morgan fingerprint density at radius 3 is 2.68 bits per heavy atom. The van der Waals surface area contributed by atoms with Gasteiger partial charge in [0.15, 0.2) is 0 Å². The summed E-state index contributed by atoms with van der Waals surface area (Å²) in [4.78, 5) is 20.0. The topological polar surface area (TPSA) is 93.6 Å². The number of carboxylic acids is 1. The summed E-state index contributed by atoms with van der Waals surface area (Å²) in [6, 6.07) is 15.7. The predicted molar refractivity (Wildman–Crippen MR) is 128 cm³/mol. The van der Waals surface area contributed by atoms with Gasteiger partial charge in [0, 0.05) is 29.1 Å². The van der Waals surface area contributed by atoms with Crippen LogP contribution in [0.15, 0.2) is 60.9 Å². The van der Waals surface area contributed by atoms with E-state index in [1.54, 1.807) is 31.2 Å². The number of anilines is 1. The maximum absolute atomic E-state index is 15.1. The summed E-state index contributed by atoms with van der Waals surface area (Å²) in [5, 5.41) is 13.9. The van der Waals surface area contributed by atoms with Crippen molar-refractivity contribution in [2.45, 2.75) is 13.3 Å². The molecule has 0 unspecified atom stereocenters. The molecule has 4 rings (SSSR count). The Labute approximate surface area is 196 Å². The zero-order chi connectivity index (χ0) is 24.1. The van der Waals surface area contributed by atoms with E-state index in [0.717, 1.165) is 5.39 Å². The number of halogens is 1. The van der Waals surface area contributed by atoms with Gasteiger partial charge in [-0.15, -0.1) is 0 Å². The maximum Gasteiger partial charge on any atom is 0.339 e. The van der Waals surface area contributed by atoms with Crippen LogP contribution in [0.4, 0.5) is 10.2 Å². The molecule has 0 spiro atoms. The monoisotopic (exact) mass is 461 g/mol.